The quantitative estimate of drug-likeness (QED) is 0.394. The van der Waals surface area contributed by atoms with Crippen molar-refractivity contribution in [2.24, 2.45) is 5.92 Å². The fourth-order valence-electron chi connectivity index (χ4n) is 4.51. The average molecular weight is 461 g/mol. The summed E-state index contributed by atoms with van der Waals surface area (Å²) in [4.78, 5) is 20.9. The van der Waals surface area contributed by atoms with Crippen LogP contribution in [0.4, 0.5) is 0 Å². The first-order chi connectivity index (χ1) is 15.1. The maximum Gasteiger partial charge on any atom is 0.263 e. The molecule has 10 heteroatoms. The van der Waals surface area contributed by atoms with Crippen molar-refractivity contribution >= 4 is 33.3 Å². The third kappa shape index (κ3) is 4.17. The van der Waals surface area contributed by atoms with Crippen molar-refractivity contribution in [1.29, 1.82) is 0 Å². The van der Waals surface area contributed by atoms with Gasteiger partial charge in [0.05, 0.1) is 23.8 Å². The molecule has 3 aromatic rings. The third-order valence-corrected chi connectivity index (χ3v) is 8.28. The van der Waals surface area contributed by atoms with E-state index < -0.39 is 0 Å². The first kappa shape index (κ1) is 21.1. The number of ether oxygens (including phenoxy) is 1. The molecule has 31 heavy (non-hydrogen) atoms. The normalized spacial score (nSPS) is 21.1. The van der Waals surface area contributed by atoms with Crippen molar-refractivity contribution in [2.45, 2.75) is 82.5 Å². The second-order valence-corrected chi connectivity index (χ2v) is 10.6. The number of thiophene rings is 1. The van der Waals surface area contributed by atoms with Crippen LogP contribution in [0.3, 0.4) is 0 Å². The third-order valence-electron chi connectivity index (χ3n) is 6.16. The lowest BCUT2D eigenvalue weighted by atomic mass is 9.89. The van der Waals surface area contributed by atoms with Gasteiger partial charge in [-0.3, -0.25) is 9.36 Å². The van der Waals surface area contributed by atoms with Gasteiger partial charge in [0.1, 0.15) is 4.83 Å². The summed E-state index contributed by atoms with van der Waals surface area (Å²) >= 11 is 3.25. The topological polar surface area (TPSA) is 87.7 Å². The minimum Gasteiger partial charge on any atom is -0.376 e. The van der Waals surface area contributed by atoms with Gasteiger partial charge in [0.25, 0.3) is 5.56 Å². The molecule has 2 unspecified atom stereocenters. The van der Waals surface area contributed by atoms with E-state index in [0.29, 0.717) is 18.2 Å². The number of fused-ring (bicyclic) bond motifs is 3. The first-order valence-electron chi connectivity index (χ1n) is 11.2. The molecular weight excluding hydrogens is 432 g/mol. The van der Waals surface area contributed by atoms with Crippen LogP contribution < -0.4 is 5.56 Å². The number of hydrogen-bond donors (Lipinski definition) is 0. The van der Waals surface area contributed by atoms with Crippen LogP contribution in [0.5, 0.6) is 0 Å². The molecule has 4 heterocycles. The molecule has 8 nitrogen and oxygen atoms in total. The van der Waals surface area contributed by atoms with Crippen molar-refractivity contribution in [3.63, 3.8) is 0 Å². The molecule has 2 aliphatic rings. The highest BCUT2D eigenvalue weighted by atomic mass is 32.2. The molecule has 0 radical (unpaired) electrons. The molecule has 0 amide bonds. The zero-order chi connectivity index (χ0) is 21.4. The van der Waals surface area contributed by atoms with Crippen LogP contribution >= 0.6 is 23.1 Å². The van der Waals surface area contributed by atoms with Crippen LogP contribution in [0, 0.1) is 5.92 Å². The largest absolute Gasteiger partial charge is 0.376 e. The van der Waals surface area contributed by atoms with Gasteiger partial charge in [0, 0.05) is 18.0 Å². The Morgan fingerprint density at radius 2 is 2.23 bits per heavy atom. The number of tetrazole rings is 1. The average Bonchev–Trinajstić information content (AvgIpc) is 3.49. The summed E-state index contributed by atoms with van der Waals surface area (Å²) in [5.74, 6) is 2.06. The lowest BCUT2D eigenvalue weighted by Gasteiger charge is -2.18. The van der Waals surface area contributed by atoms with Crippen LogP contribution in [0.2, 0.25) is 0 Å². The summed E-state index contributed by atoms with van der Waals surface area (Å²) in [5.41, 5.74) is 1.32. The van der Waals surface area contributed by atoms with E-state index in [1.54, 1.807) is 23.1 Å². The van der Waals surface area contributed by atoms with Crippen LogP contribution in [0.15, 0.2) is 9.95 Å². The summed E-state index contributed by atoms with van der Waals surface area (Å²) in [5, 5.41) is 13.6. The van der Waals surface area contributed by atoms with E-state index in [1.807, 2.05) is 9.25 Å². The van der Waals surface area contributed by atoms with Crippen molar-refractivity contribution in [1.82, 2.24) is 29.8 Å². The smallest absolute Gasteiger partial charge is 0.263 e. The Kier molecular flexibility index (Phi) is 6.12. The molecule has 1 fully saturated rings. The van der Waals surface area contributed by atoms with Gasteiger partial charge in [-0.15, -0.1) is 16.4 Å². The van der Waals surface area contributed by atoms with Gasteiger partial charge in [-0.2, -0.15) is 0 Å². The van der Waals surface area contributed by atoms with Crippen molar-refractivity contribution < 1.29 is 4.74 Å². The highest BCUT2D eigenvalue weighted by Gasteiger charge is 2.26. The summed E-state index contributed by atoms with van der Waals surface area (Å²) < 4.78 is 9.54. The van der Waals surface area contributed by atoms with Crippen molar-refractivity contribution in [3.05, 3.63) is 26.6 Å². The fraction of sp³-hybridized carbons (Fsp3) is 0.667. The SMILES string of the molecule is CCCn1nnnc1CSc1nc2sc3c(c2c(=O)n1CC1CCCO1)CCC(C)C3. The van der Waals surface area contributed by atoms with E-state index in [-0.39, 0.29) is 11.7 Å². The van der Waals surface area contributed by atoms with Gasteiger partial charge >= 0.3 is 0 Å². The predicted octanol–water partition coefficient (Wildman–Crippen LogP) is 3.45. The van der Waals surface area contributed by atoms with E-state index in [2.05, 4.69) is 29.4 Å². The summed E-state index contributed by atoms with van der Waals surface area (Å²) in [7, 11) is 0. The van der Waals surface area contributed by atoms with E-state index in [1.165, 1.54) is 10.4 Å². The van der Waals surface area contributed by atoms with E-state index in [4.69, 9.17) is 9.72 Å². The van der Waals surface area contributed by atoms with Gasteiger partial charge in [-0.05, 0) is 60.4 Å². The molecular formula is C21H28N6O2S2. The van der Waals surface area contributed by atoms with Crippen molar-refractivity contribution in [3.8, 4) is 0 Å². The fourth-order valence-corrected chi connectivity index (χ4v) is 6.87. The van der Waals surface area contributed by atoms with Crippen LogP contribution in [-0.4, -0.2) is 42.5 Å². The second kappa shape index (κ2) is 8.99. The highest BCUT2D eigenvalue weighted by Crippen LogP contribution is 2.37. The maximum atomic E-state index is 13.7. The Morgan fingerprint density at radius 3 is 3.03 bits per heavy atom. The van der Waals surface area contributed by atoms with Crippen LogP contribution in [-0.2, 0) is 36.4 Å². The van der Waals surface area contributed by atoms with Gasteiger partial charge in [-0.1, -0.05) is 25.6 Å². The maximum absolute atomic E-state index is 13.7. The van der Waals surface area contributed by atoms with E-state index in [0.717, 1.165) is 72.9 Å². The molecule has 0 bridgehead atoms. The Labute approximate surface area is 189 Å². The molecule has 1 saturated heterocycles. The number of aryl methyl sites for hydroxylation is 2. The molecule has 1 aliphatic heterocycles. The Morgan fingerprint density at radius 1 is 1.32 bits per heavy atom. The number of hydrogen-bond acceptors (Lipinski definition) is 8. The zero-order valence-corrected chi connectivity index (χ0v) is 19.7. The van der Waals surface area contributed by atoms with E-state index in [9.17, 15) is 4.79 Å². The second-order valence-electron chi connectivity index (χ2n) is 8.58. The van der Waals surface area contributed by atoms with Gasteiger partial charge < -0.3 is 4.74 Å². The number of nitrogens with zero attached hydrogens (tertiary/aromatic N) is 6. The Bertz CT molecular complexity index is 1130. The molecule has 1 aliphatic carbocycles. The van der Waals surface area contributed by atoms with Gasteiger partial charge in [0.15, 0.2) is 11.0 Å². The number of thioether (sulfide) groups is 1. The number of aromatic nitrogens is 6. The monoisotopic (exact) mass is 460 g/mol. The molecule has 0 saturated carbocycles. The summed E-state index contributed by atoms with van der Waals surface area (Å²) in [6.07, 6.45) is 6.26. The highest BCUT2D eigenvalue weighted by molar-refractivity contribution is 7.98. The molecule has 3 aromatic heterocycles. The molecule has 0 N–H and O–H groups in total. The lowest BCUT2D eigenvalue weighted by Crippen LogP contribution is -2.29. The van der Waals surface area contributed by atoms with Gasteiger partial charge in [0.2, 0.25) is 0 Å². The summed E-state index contributed by atoms with van der Waals surface area (Å²) in [6.45, 7) is 6.51. The van der Waals surface area contributed by atoms with Crippen LogP contribution in [0.25, 0.3) is 10.2 Å². The lowest BCUT2D eigenvalue weighted by molar-refractivity contribution is 0.0937. The Balaban J connectivity index is 1.53. The molecule has 5 rings (SSSR count). The Hall–Kier alpha value is -1.78. The van der Waals surface area contributed by atoms with Crippen molar-refractivity contribution in [2.75, 3.05) is 6.61 Å². The standard InChI is InChI=1S/C21H28N6O2S2/c1-3-8-27-17(23-24-25-27)12-30-21-22-19-18(15-7-6-13(2)10-16(15)31-19)20(28)26(21)11-14-5-4-9-29-14/h13-14H,3-12H2,1-2H3. The first-order valence-corrected chi connectivity index (χ1v) is 13.0. The summed E-state index contributed by atoms with van der Waals surface area (Å²) in [6, 6.07) is 0. The predicted molar refractivity (Wildman–Crippen MR) is 122 cm³/mol. The van der Waals surface area contributed by atoms with Crippen LogP contribution in [0.1, 0.15) is 55.8 Å². The minimum atomic E-state index is 0.0798. The molecule has 166 valence electrons. The number of rotatable bonds is 7. The van der Waals surface area contributed by atoms with E-state index >= 15 is 0 Å². The molecule has 0 spiro atoms. The van der Waals surface area contributed by atoms with Gasteiger partial charge in [-0.25, -0.2) is 9.67 Å². The molecule has 0 aromatic carbocycles. The minimum absolute atomic E-state index is 0.0798. The zero-order valence-electron chi connectivity index (χ0n) is 18.0. The molecule has 2 atom stereocenters.